The molecule has 254 valence electrons. The van der Waals surface area contributed by atoms with Crippen molar-refractivity contribution in [1.82, 2.24) is 9.97 Å². The van der Waals surface area contributed by atoms with Crippen LogP contribution >= 0.6 is 12.0 Å². The van der Waals surface area contributed by atoms with Crippen molar-refractivity contribution in [2.75, 3.05) is 11.1 Å². The average Bonchev–Trinajstić information content (AvgIpc) is 3.01. The van der Waals surface area contributed by atoms with E-state index in [1.807, 2.05) is 0 Å². The number of hydrogen-bond donors (Lipinski definition) is 3. The molecule has 5 rings (SSSR count). The van der Waals surface area contributed by atoms with Gasteiger partial charge in [-0.25, -0.2) is 16.8 Å². The van der Waals surface area contributed by atoms with Crippen molar-refractivity contribution in [2.45, 2.75) is 14.7 Å². The Kier molecular flexibility index (Phi) is 17.1. The number of hydrogen-bond acceptors (Lipinski definition) is 19. The van der Waals surface area contributed by atoms with Crippen LogP contribution in [0.3, 0.4) is 0 Å². The van der Waals surface area contributed by atoms with Gasteiger partial charge in [-0.3, -0.25) is 5.04 Å². The molecule has 5 aromatic rings. The SMILES string of the molecule is Nc1ccc2c(O)c(N=Nc3ccccc3S(=O)(=O)[O-])c(SOO[O-])cc2c1N=Nc1cc(Nc2cc(F)nc(F)n2)ccc1S(=O)(=O)[O-].[Na+].[Na+].[Na+]. The fraction of sp³-hybridized carbons (Fsp3) is 0. The molecule has 0 radical (unpaired) electrons. The number of phenols is 1. The Balaban J connectivity index is 0.00000312. The minimum atomic E-state index is -5.16. The van der Waals surface area contributed by atoms with Gasteiger partial charge in [0.2, 0.25) is 5.95 Å². The van der Waals surface area contributed by atoms with Gasteiger partial charge in [-0.05, 0) is 48.5 Å². The molecule has 4 aromatic carbocycles. The number of nitrogens with two attached hydrogens (primary N) is 1. The van der Waals surface area contributed by atoms with Gasteiger partial charge in [0.15, 0.2) is 5.75 Å². The maximum atomic E-state index is 13.5. The maximum Gasteiger partial charge on any atom is 1.00 e. The summed E-state index contributed by atoms with van der Waals surface area (Å²) in [5.74, 6) is -2.21. The van der Waals surface area contributed by atoms with Crippen molar-refractivity contribution >= 4 is 83.0 Å². The molecule has 0 aliphatic rings. The topological polar surface area (TPSA) is 289 Å². The predicted molar refractivity (Wildman–Crippen MR) is 160 cm³/mol. The Morgan fingerprint density at radius 2 is 1.42 bits per heavy atom. The van der Waals surface area contributed by atoms with E-state index >= 15 is 0 Å². The van der Waals surface area contributed by atoms with Crippen LogP contribution in [0.2, 0.25) is 0 Å². The van der Waals surface area contributed by atoms with E-state index in [-0.39, 0.29) is 145 Å². The third-order valence-corrected chi connectivity index (χ3v) is 8.59. The summed E-state index contributed by atoms with van der Waals surface area (Å²) in [5, 5.41) is 43.1. The average molecular weight is 803 g/mol. The van der Waals surface area contributed by atoms with Gasteiger partial charge in [-0.15, -0.1) is 20.5 Å². The Morgan fingerprint density at radius 1 is 0.788 bits per heavy atom. The molecule has 0 saturated heterocycles. The third kappa shape index (κ3) is 11.1. The standard InChI is InChI=1S/C26H18F2N8O10S3.3Na/c27-21-11-22(32-26(28)31-21)30-12-5-8-20(49(42,43)44)17(9-12)34-35-23-14-10-18(47-46-45-38)24(25(37)13(14)6-7-15(23)29)36-33-16-3-1-2-4-19(16)48(39,40)41;;;/h1-11,37-38H,29H2,(H,30,31,32)(H,39,40,41)(H,42,43,44);;;/q;3*+1/p-3. The largest absolute Gasteiger partial charge is 1.00 e. The number of phenolic OH excluding ortho intramolecular Hbond substituents is 1. The van der Waals surface area contributed by atoms with Crippen LogP contribution in [0, 0.1) is 12.0 Å². The molecule has 52 heavy (non-hydrogen) atoms. The number of fused-ring (bicyclic) bond motifs is 1. The normalized spacial score (nSPS) is 11.6. The van der Waals surface area contributed by atoms with E-state index in [2.05, 4.69) is 45.1 Å². The van der Waals surface area contributed by atoms with E-state index < -0.39 is 59.2 Å². The van der Waals surface area contributed by atoms with Crippen molar-refractivity contribution in [3.8, 4) is 5.75 Å². The first kappa shape index (κ1) is 45.9. The second-order valence-corrected chi connectivity index (χ2v) is 12.8. The second-order valence-electron chi connectivity index (χ2n) is 9.32. The van der Waals surface area contributed by atoms with Crippen molar-refractivity contribution in [3.63, 3.8) is 0 Å². The monoisotopic (exact) mass is 802 g/mol. The number of aromatic hydroxyl groups is 1. The Bertz CT molecular complexity index is 2380. The van der Waals surface area contributed by atoms with Crippen LogP contribution in [-0.4, -0.2) is 41.0 Å². The number of nitrogen functional groups attached to an aromatic ring is 1. The van der Waals surface area contributed by atoms with Gasteiger partial charge in [0.1, 0.15) is 48.8 Å². The number of nitrogens with zero attached hydrogens (tertiary/aromatic N) is 6. The van der Waals surface area contributed by atoms with Gasteiger partial charge in [0.05, 0.1) is 32.4 Å². The molecule has 0 atom stereocenters. The Hall–Kier alpha value is -2.27. The van der Waals surface area contributed by atoms with E-state index in [4.69, 9.17) is 5.73 Å². The molecule has 0 saturated carbocycles. The number of aromatic nitrogens is 2. The Labute approximate surface area is 362 Å². The predicted octanol–water partition coefficient (Wildman–Crippen LogP) is -4.18. The van der Waals surface area contributed by atoms with Crippen LogP contribution < -0.4 is 105 Å². The van der Waals surface area contributed by atoms with Gasteiger partial charge in [0.25, 0.3) is 0 Å². The van der Waals surface area contributed by atoms with Crippen molar-refractivity contribution in [3.05, 3.63) is 78.8 Å². The molecule has 1 aromatic heterocycles. The summed E-state index contributed by atoms with van der Waals surface area (Å²) >= 11 is 0.226. The van der Waals surface area contributed by atoms with Crippen LogP contribution in [0.4, 0.5) is 48.7 Å². The molecule has 0 aliphatic carbocycles. The quantitative estimate of drug-likeness (QED) is 0.0131. The van der Waals surface area contributed by atoms with E-state index in [0.717, 1.165) is 30.3 Å². The summed E-state index contributed by atoms with van der Waals surface area (Å²) in [5.41, 5.74) is 4.46. The third-order valence-electron chi connectivity index (χ3n) is 6.21. The summed E-state index contributed by atoms with van der Waals surface area (Å²) in [6.45, 7) is 0. The van der Waals surface area contributed by atoms with E-state index in [9.17, 15) is 45.1 Å². The molecule has 18 nitrogen and oxygen atoms in total. The molecule has 0 aliphatic heterocycles. The van der Waals surface area contributed by atoms with Crippen LogP contribution in [0.1, 0.15) is 0 Å². The number of azo groups is 2. The molecular formula is C26H15F2N8Na3O10S3. The van der Waals surface area contributed by atoms with Gasteiger partial charge in [0, 0.05) is 22.5 Å². The first-order chi connectivity index (χ1) is 23.2. The summed E-state index contributed by atoms with van der Waals surface area (Å²) in [7, 11) is -10.1. The zero-order valence-electron chi connectivity index (χ0n) is 26.7. The number of rotatable bonds is 11. The van der Waals surface area contributed by atoms with Crippen molar-refractivity contribution in [1.29, 1.82) is 0 Å². The van der Waals surface area contributed by atoms with Gasteiger partial charge in [-0.2, -0.15) is 23.1 Å². The fourth-order valence-corrected chi connectivity index (χ4v) is 5.87. The Morgan fingerprint density at radius 3 is 2.08 bits per heavy atom. The molecule has 26 heteroatoms. The molecule has 0 spiro atoms. The van der Waals surface area contributed by atoms with Crippen molar-refractivity contribution < 1.29 is 143 Å². The summed E-state index contributed by atoms with van der Waals surface area (Å²) in [6.07, 6.45) is -1.40. The molecular weight excluding hydrogens is 787 g/mol. The van der Waals surface area contributed by atoms with E-state index in [1.165, 1.54) is 36.4 Å². The molecule has 0 unspecified atom stereocenters. The zero-order chi connectivity index (χ0) is 35.5. The van der Waals surface area contributed by atoms with Crippen molar-refractivity contribution in [2.24, 2.45) is 20.5 Å². The van der Waals surface area contributed by atoms with E-state index in [0.29, 0.717) is 0 Å². The molecule has 0 bridgehead atoms. The zero-order valence-corrected chi connectivity index (χ0v) is 35.2. The summed E-state index contributed by atoms with van der Waals surface area (Å²) in [4.78, 5) is 4.48. The van der Waals surface area contributed by atoms with Crippen LogP contribution in [0.25, 0.3) is 10.8 Å². The molecule has 0 amide bonds. The minimum Gasteiger partial charge on any atom is -0.744 e. The smallest absolute Gasteiger partial charge is 0.744 e. The summed E-state index contributed by atoms with van der Waals surface area (Å²) in [6, 6.07) is 12.3. The first-order valence-electron chi connectivity index (χ1n) is 12.8. The number of benzene rings is 4. The summed E-state index contributed by atoms with van der Waals surface area (Å²) < 4.78 is 102. The maximum absolute atomic E-state index is 13.5. The number of nitrogens with one attached hydrogen (secondary N) is 1. The van der Waals surface area contributed by atoms with E-state index in [1.54, 1.807) is 0 Å². The molecule has 0 fully saturated rings. The minimum absolute atomic E-state index is 0. The first-order valence-corrected chi connectivity index (χ1v) is 16.4. The molecule has 1 heterocycles. The second kappa shape index (κ2) is 19.4. The van der Waals surface area contributed by atoms with Gasteiger partial charge in [-0.1, -0.05) is 12.1 Å². The van der Waals surface area contributed by atoms with Crippen LogP contribution in [-0.2, 0) is 29.6 Å². The van der Waals surface area contributed by atoms with Crippen LogP contribution in [0.5, 0.6) is 5.75 Å². The fourth-order valence-electron chi connectivity index (χ4n) is 4.19. The number of halogens is 2. The van der Waals surface area contributed by atoms with Crippen LogP contribution in [0.15, 0.2) is 102 Å². The molecule has 4 N–H and O–H groups in total. The van der Waals surface area contributed by atoms with Gasteiger partial charge < -0.3 is 30.5 Å². The van der Waals surface area contributed by atoms with Gasteiger partial charge >= 0.3 is 94.8 Å². The number of anilines is 3.